The Labute approximate surface area is 118 Å². The summed E-state index contributed by atoms with van der Waals surface area (Å²) in [6, 6.07) is 0. The monoisotopic (exact) mass is 263 g/mol. The Morgan fingerprint density at radius 2 is 2.05 bits per heavy atom. The number of hydrogen-bond acceptors (Lipinski definition) is 1. The summed E-state index contributed by atoms with van der Waals surface area (Å²) in [6.45, 7) is 5.46. The van der Waals surface area contributed by atoms with Crippen LogP contribution in [0.5, 0.6) is 0 Å². The maximum Gasteiger partial charge on any atom is 0.193 e. The number of guanidine groups is 1. The number of rotatable bonds is 3. The van der Waals surface area contributed by atoms with E-state index in [2.05, 4.69) is 34.3 Å². The maximum atomic E-state index is 4.45. The van der Waals surface area contributed by atoms with Crippen LogP contribution in [0.1, 0.15) is 51.9 Å². The molecule has 0 atom stereocenters. The van der Waals surface area contributed by atoms with Gasteiger partial charge in [-0.25, -0.2) is 0 Å². The van der Waals surface area contributed by atoms with Crippen molar-refractivity contribution in [2.75, 3.05) is 26.7 Å². The van der Waals surface area contributed by atoms with Crippen LogP contribution >= 0.6 is 0 Å². The average Bonchev–Trinajstić information content (AvgIpc) is 2.83. The lowest BCUT2D eigenvalue weighted by Crippen LogP contribution is -2.41. The molecule has 2 fully saturated rings. The first-order valence-corrected chi connectivity index (χ1v) is 7.86. The number of allylic oxidation sites excluding steroid dienone is 1. The lowest BCUT2D eigenvalue weighted by Gasteiger charge is -2.33. The van der Waals surface area contributed by atoms with E-state index in [1.807, 2.05) is 7.05 Å². The van der Waals surface area contributed by atoms with Crippen LogP contribution in [0.2, 0.25) is 0 Å². The van der Waals surface area contributed by atoms with E-state index >= 15 is 0 Å². The smallest absolute Gasteiger partial charge is 0.193 e. The van der Waals surface area contributed by atoms with Gasteiger partial charge in [0.05, 0.1) is 0 Å². The van der Waals surface area contributed by atoms with E-state index in [9.17, 15) is 0 Å². The Kier molecular flexibility index (Phi) is 5.29. The fraction of sp³-hybridized carbons (Fsp3) is 0.812. The van der Waals surface area contributed by atoms with E-state index in [-0.39, 0.29) is 0 Å². The summed E-state index contributed by atoms with van der Waals surface area (Å²) >= 11 is 0. The molecule has 1 saturated carbocycles. The van der Waals surface area contributed by atoms with E-state index in [0.29, 0.717) is 5.41 Å². The molecular formula is C16H29N3. The third kappa shape index (κ3) is 3.74. The molecule has 0 radical (unpaired) electrons. The number of likely N-dealkylation sites (tertiary alicyclic amines) is 1. The van der Waals surface area contributed by atoms with Gasteiger partial charge in [0.2, 0.25) is 0 Å². The van der Waals surface area contributed by atoms with Crippen molar-refractivity contribution in [2.24, 2.45) is 10.4 Å². The lowest BCUT2D eigenvalue weighted by atomic mass is 9.73. The summed E-state index contributed by atoms with van der Waals surface area (Å²) in [4.78, 5) is 6.93. The molecule has 1 aliphatic carbocycles. The van der Waals surface area contributed by atoms with Crippen molar-refractivity contribution in [2.45, 2.75) is 51.9 Å². The summed E-state index contributed by atoms with van der Waals surface area (Å²) in [7, 11) is 1.91. The molecule has 1 spiro atoms. The quantitative estimate of drug-likeness (QED) is 0.366. The molecule has 1 N–H and O–H groups in total. The first kappa shape index (κ1) is 14.4. The first-order valence-electron chi connectivity index (χ1n) is 7.86. The predicted molar refractivity (Wildman–Crippen MR) is 82.5 cm³/mol. The summed E-state index contributed by atoms with van der Waals surface area (Å²) in [5.74, 6) is 1.10. The molecular weight excluding hydrogens is 234 g/mol. The third-order valence-electron chi connectivity index (χ3n) is 4.69. The largest absolute Gasteiger partial charge is 0.356 e. The van der Waals surface area contributed by atoms with Gasteiger partial charge >= 0.3 is 0 Å². The zero-order chi connectivity index (χ0) is 13.6. The van der Waals surface area contributed by atoms with Crippen molar-refractivity contribution >= 4 is 5.96 Å². The van der Waals surface area contributed by atoms with Gasteiger partial charge in [-0.15, -0.1) is 0 Å². The summed E-state index contributed by atoms with van der Waals surface area (Å²) in [5, 5.41) is 3.49. The average molecular weight is 263 g/mol. The Morgan fingerprint density at radius 3 is 2.74 bits per heavy atom. The zero-order valence-corrected chi connectivity index (χ0v) is 12.6. The number of nitrogens with zero attached hydrogens (tertiary/aromatic N) is 2. The van der Waals surface area contributed by atoms with Crippen LogP contribution in [0.4, 0.5) is 0 Å². The summed E-state index contributed by atoms with van der Waals surface area (Å²) in [6.07, 6.45) is 13.9. The topological polar surface area (TPSA) is 27.6 Å². The van der Waals surface area contributed by atoms with Crippen molar-refractivity contribution in [3.63, 3.8) is 0 Å². The van der Waals surface area contributed by atoms with Gasteiger partial charge in [0, 0.05) is 26.7 Å². The molecule has 2 aliphatic rings. The van der Waals surface area contributed by atoms with Crippen molar-refractivity contribution < 1.29 is 0 Å². The normalized spacial score (nSPS) is 23.5. The molecule has 0 aromatic rings. The number of hydrogen-bond donors (Lipinski definition) is 1. The van der Waals surface area contributed by atoms with E-state index in [4.69, 9.17) is 0 Å². The molecule has 0 aromatic carbocycles. The molecule has 1 aliphatic heterocycles. The van der Waals surface area contributed by atoms with Crippen molar-refractivity contribution in [1.29, 1.82) is 0 Å². The lowest BCUT2D eigenvalue weighted by molar-refractivity contribution is 0.203. The van der Waals surface area contributed by atoms with E-state index in [1.165, 1.54) is 51.6 Å². The zero-order valence-electron chi connectivity index (χ0n) is 12.6. The van der Waals surface area contributed by atoms with Gasteiger partial charge in [-0.2, -0.15) is 0 Å². The minimum Gasteiger partial charge on any atom is -0.356 e. The molecule has 1 heterocycles. The highest BCUT2D eigenvalue weighted by Crippen LogP contribution is 2.43. The van der Waals surface area contributed by atoms with Crippen LogP contribution in [-0.4, -0.2) is 37.5 Å². The van der Waals surface area contributed by atoms with Gasteiger partial charge in [0.25, 0.3) is 0 Å². The Balaban J connectivity index is 1.83. The Bertz CT molecular complexity index is 327. The molecule has 3 heteroatoms. The highest BCUT2D eigenvalue weighted by Gasteiger charge is 2.39. The van der Waals surface area contributed by atoms with Crippen LogP contribution in [0.3, 0.4) is 0 Å². The van der Waals surface area contributed by atoms with Crippen molar-refractivity contribution in [3.05, 3.63) is 12.2 Å². The number of aliphatic imine (C=N–C) groups is 1. The van der Waals surface area contributed by atoms with Crippen LogP contribution in [0, 0.1) is 5.41 Å². The molecule has 1 saturated heterocycles. The van der Waals surface area contributed by atoms with E-state index in [1.54, 1.807) is 0 Å². The molecule has 0 unspecified atom stereocenters. The second kappa shape index (κ2) is 6.97. The third-order valence-corrected chi connectivity index (χ3v) is 4.69. The van der Waals surface area contributed by atoms with Crippen molar-refractivity contribution in [3.8, 4) is 0 Å². The van der Waals surface area contributed by atoms with Crippen molar-refractivity contribution in [1.82, 2.24) is 10.2 Å². The first-order chi connectivity index (χ1) is 9.29. The van der Waals surface area contributed by atoms with Crippen LogP contribution in [-0.2, 0) is 0 Å². The summed E-state index contributed by atoms with van der Waals surface area (Å²) < 4.78 is 0. The van der Waals surface area contributed by atoms with Gasteiger partial charge in [-0.1, -0.05) is 31.4 Å². The minimum absolute atomic E-state index is 0.610. The van der Waals surface area contributed by atoms with Crippen LogP contribution in [0.25, 0.3) is 0 Å². The predicted octanol–water partition coefficient (Wildman–Crippen LogP) is 3.18. The van der Waals surface area contributed by atoms with Gasteiger partial charge in [-0.3, -0.25) is 4.99 Å². The Hall–Kier alpha value is -0.990. The molecule has 108 valence electrons. The summed E-state index contributed by atoms with van der Waals surface area (Å²) in [5.41, 5.74) is 0.610. The fourth-order valence-electron chi connectivity index (χ4n) is 3.59. The highest BCUT2D eigenvalue weighted by atomic mass is 15.3. The highest BCUT2D eigenvalue weighted by molar-refractivity contribution is 5.80. The van der Waals surface area contributed by atoms with E-state index in [0.717, 1.165) is 18.9 Å². The van der Waals surface area contributed by atoms with Crippen LogP contribution in [0.15, 0.2) is 17.1 Å². The second-order valence-corrected chi connectivity index (χ2v) is 6.06. The van der Waals surface area contributed by atoms with Gasteiger partial charge in [-0.05, 0) is 38.0 Å². The minimum atomic E-state index is 0.610. The number of nitrogens with one attached hydrogen (secondary N) is 1. The van der Waals surface area contributed by atoms with Crippen LogP contribution < -0.4 is 5.32 Å². The Morgan fingerprint density at radius 1 is 1.26 bits per heavy atom. The maximum absolute atomic E-state index is 4.45. The SMILES string of the molecule is C/C=C/CCNC(=NC)N1CCC2(CCCCC2)C1. The molecule has 0 amide bonds. The molecule has 0 aromatic heterocycles. The van der Waals surface area contributed by atoms with E-state index < -0.39 is 0 Å². The van der Waals surface area contributed by atoms with Gasteiger partial charge in [0.15, 0.2) is 5.96 Å². The second-order valence-electron chi connectivity index (χ2n) is 6.06. The van der Waals surface area contributed by atoms with Gasteiger partial charge < -0.3 is 10.2 Å². The molecule has 2 rings (SSSR count). The van der Waals surface area contributed by atoms with Gasteiger partial charge in [0.1, 0.15) is 0 Å². The molecule has 19 heavy (non-hydrogen) atoms. The molecule has 0 bridgehead atoms. The standard InChI is InChI=1S/C16H29N3/c1-3-4-8-12-18-15(17-2)19-13-11-16(14-19)9-6-5-7-10-16/h3-4H,5-14H2,1-2H3,(H,17,18)/b4-3+. The fourth-order valence-corrected chi connectivity index (χ4v) is 3.59. The molecule has 3 nitrogen and oxygen atoms in total.